The summed E-state index contributed by atoms with van der Waals surface area (Å²) in [5.74, 6) is -1.75. The van der Waals surface area contributed by atoms with Crippen molar-refractivity contribution < 1.29 is 19.4 Å². The zero-order valence-corrected chi connectivity index (χ0v) is 11.0. The van der Waals surface area contributed by atoms with Crippen molar-refractivity contribution in [2.24, 2.45) is 17.8 Å². The second-order valence-electron chi connectivity index (χ2n) is 5.87. The molecule has 104 valence electrons. The van der Waals surface area contributed by atoms with E-state index in [-0.39, 0.29) is 12.0 Å². The summed E-state index contributed by atoms with van der Waals surface area (Å²) in [5, 5.41) is 9.32. The molecule has 0 aliphatic carbocycles. The Bertz CT molecular complexity index is 433. The van der Waals surface area contributed by atoms with Crippen molar-refractivity contribution in [3.63, 3.8) is 0 Å². The molecule has 0 aromatic rings. The SMILES string of the molecule is C[C@@H]1CCCN(C(=O)[C@H]2[C@@H](C(=O)O)[C@H]3C=C[C@H]2O3)C1. The summed E-state index contributed by atoms with van der Waals surface area (Å²) in [6, 6.07) is 0. The maximum atomic E-state index is 12.6. The normalized spacial score (nSPS) is 40.7. The van der Waals surface area contributed by atoms with Gasteiger partial charge in [-0.3, -0.25) is 9.59 Å². The number of hydrogen-bond donors (Lipinski definition) is 1. The van der Waals surface area contributed by atoms with E-state index in [0.29, 0.717) is 5.92 Å². The van der Waals surface area contributed by atoms with E-state index >= 15 is 0 Å². The Balaban J connectivity index is 1.78. The van der Waals surface area contributed by atoms with Crippen molar-refractivity contribution >= 4 is 11.9 Å². The van der Waals surface area contributed by atoms with Crippen molar-refractivity contribution in [2.75, 3.05) is 13.1 Å². The quantitative estimate of drug-likeness (QED) is 0.753. The number of fused-ring (bicyclic) bond motifs is 2. The van der Waals surface area contributed by atoms with Crippen molar-refractivity contribution in [2.45, 2.75) is 32.0 Å². The molecule has 0 saturated carbocycles. The average molecular weight is 265 g/mol. The lowest BCUT2D eigenvalue weighted by Gasteiger charge is -2.34. The number of hydrogen-bond acceptors (Lipinski definition) is 3. The second-order valence-corrected chi connectivity index (χ2v) is 5.87. The van der Waals surface area contributed by atoms with Gasteiger partial charge in [0.1, 0.15) is 5.92 Å². The van der Waals surface area contributed by atoms with Crippen LogP contribution in [0.25, 0.3) is 0 Å². The number of carbonyl (C=O) groups is 2. The van der Waals surface area contributed by atoms with Crippen LogP contribution in [-0.2, 0) is 14.3 Å². The largest absolute Gasteiger partial charge is 0.481 e. The number of ether oxygens (including phenoxy) is 1. The van der Waals surface area contributed by atoms with Crippen LogP contribution in [0, 0.1) is 17.8 Å². The fourth-order valence-electron chi connectivity index (χ4n) is 3.50. The van der Waals surface area contributed by atoms with E-state index in [2.05, 4.69) is 6.92 Å². The lowest BCUT2D eigenvalue weighted by molar-refractivity contribution is -0.150. The van der Waals surface area contributed by atoms with Gasteiger partial charge >= 0.3 is 5.97 Å². The Morgan fingerprint density at radius 1 is 1.26 bits per heavy atom. The first-order valence-corrected chi connectivity index (χ1v) is 6.93. The highest BCUT2D eigenvalue weighted by Crippen LogP contribution is 2.40. The molecule has 3 rings (SSSR count). The monoisotopic (exact) mass is 265 g/mol. The zero-order valence-electron chi connectivity index (χ0n) is 11.0. The highest BCUT2D eigenvalue weighted by Gasteiger charge is 2.54. The number of carboxylic acid groups (broad SMARTS) is 1. The summed E-state index contributed by atoms with van der Waals surface area (Å²) >= 11 is 0. The Labute approximate surface area is 112 Å². The van der Waals surface area contributed by atoms with E-state index in [1.165, 1.54) is 0 Å². The predicted octanol–water partition coefficient (Wildman–Crippen LogP) is 0.899. The molecule has 5 heteroatoms. The number of aliphatic carboxylic acids is 1. The van der Waals surface area contributed by atoms with Crippen molar-refractivity contribution in [1.82, 2.24) is 4.90 Å². The molecule has 1 N–H and O–H groups in total. The molecule has 0 radical (unpaired) electrons. The molecule has 0 aromatic heterocycles. The third kappa shape index (κ3) is 2.06. The van der Waals surface area contributed by atoms with Crippen LogP contribution in [0.5, 0.6) is 0 Å². The summed E-state index contributed by atoms with van der Waals surface area (Å²) in [5.41, 5.74) is 0. The van der Waals surface area contributed by atoms with Gasteiger partial charge in [0.2, 0.25) is 5.91 Å². The molecule has 2 bridgehead atoms. The number of carboxylic acids is 1. The molecule has 3 aliphatic rings. The minimum atomic E-state index is -0.930. The number of likely N-dealkylation sites (tertiary alicyclic amines) is 1. The lowest BCUT2D eigenvalue weighted by Crippen LogP contribution is -2.48. The van der Waals surface area contributed by atoms with Gasteiger partial charge in [-0.05, 0) is 18.8 Å². The van der Waals surface area contributed by atoms with Crippen LogP contribution in [0.15, 0.2) is 12.2 Å². The molecule has 2 fully saturated rings. The standard InChI is InChI=1S/C14H19NO4/c1-8-3-2-6-15(7-8)13(16)11-9-4-5-10(19-9)12(11)14(17)18/h4-5,8-12H,2-3,6-7H2,1H3,(H,17,18)/t8-,9-,10-,11-,12+/m1/s1. The number of nitrogens with zero attached hydrogens (tertiary/aromatic N) is 1. The van der Waals surface area contributed by atoms with Gasteiger partial charge in [0.15, 0.2) is 0 Å². The summed E-state index contributed by atoms with van der Waals surface area (Å²) in [6.45, 7) is 3.61. The van der Waals surface area contributed by atoms with Crippen LogP contribution in [0.4, 0.5) is 0 Å². The van der Waals surface area contributed by atoms with Gasteiger partial charge in [-0.2, -0.15) is 0 Å². The van der Waals surface area contributed by atoms with Gasteiger partial charge in [-0.15, -0.1) is 0 Å². The van der Waals surface area contributed by atoms with Crippen LogP contribution in [0.3, 0.4) is 0 Å². The topological polar surface area (TPSA) is 66.8 Å². The molecular formula is C14H19NO4. The van der Waals surface area contributed by atoms with Crippen LogP contribution in [-0.4, -0.2) is 47.2 Å². The maximum absolute atomic E-state index is 12.6. The summed E-state index contributed by atoms with van der Waals surface area (Å²) < 4.78 is 5.56. The molecule has 5 atom stereocenters. The van der Waals surface area contributed by atoms with E-state index in [0.717, 1.165) is 25.9 Å². The molecule has 2 saturated heterocycles. The second kappa shape index (κ2) is 4.63. The summed E-state index contributed by atoms with van der Waals surface area (Å²) in [4.78, 5) is 25.8. The lowest BCUT2D eigenvalue weighted by atomic mass is 9.81. The molecule has 1 amide bonds. The fourth-order valence-corrected chi connectivity index (χ4v) is 3.50. The highest BCUT2D eigenvalue weighted by atomic mass is 16.5. The van der Waals surface area contributed by atoms with Crippen LogP contribution in [0.2, 0.25) is 0 Å². The minimum Gasteiger partial charge on any atom is -0.481 e. The fraction of sp³-hybridized carbons (Fsp3) is 0.714. The van der Waals surface area contributed by atoms with E-state index in [1.54, 1.807) is 6.08 Å². The Kier molecular flexibility index (Phi) is 3.09. The van der Waals surface area contributed by atoms with E-state index in [9.17, 15) is 14.7 Å². The third-order valence-corrected chi connectivity index (χ3v) is 4.44. The first-order chi connectivity index (χ1) is 9.08. The first kappa shape index (κ1) is 12.7. The van der Waals surface area contributed by atoms with Crippen molar-refractivity contribution in [1.29, 1.82) is 0 Å². The van der Waals surface area contributed by atoms with Crippen molar-refractivity contribution in [3.8, 4) is 0 Å². The Morgan fingerprint density at radius 3 is 2.58 bits per heavy atom. The van der Waals surface area contributed by atoms with Crippen LogP contribution in [0.1, 0.15) is 19.8 Å². The molecular weight excluding hydrogens is 246 g/mol. The number of piperidine rings is 1. The Morgan fingerprint density at radius 2 is 1.95 bits per heavy atom. The molecule has 3 aliphatic heterocycles. The predicted molar refractivity (Wildman–Crippen MR) is 67.4 cm³/mol. The molecule has 0 spiro atoms. The van der Waals surface area contributed by atoms with Crippen molar-refractivity contribution in [3.05, 3.63) is 12.2 Å². The number of amides is 1. The van der Waals surface area contributed by atoms with E-state index in [1.807, 2.05) is 11.0 Å². The van der Waals surface area contributed by atoms with Crippen LogP contribution >= 0.6 is 0 Å². The molecule has 0 unspecified atom stereocenters. The Hall–Kier alpha value is -1.36. The van der Waals surface area contributed by atoms with Gasteiger partial charge < -0.3 is 14.7 Å². The van der Waals surface area contributed by atoms with E-state index in [4.69, 9.17) is 4.74 Å². The molecule has 0 aromatic carbocycles. The van der Waals surface area contributed by atoms with Gasteiger partial charge in [-0.1, -0.05) is 19.1 Å². The van der Waals surface area contributed by atoms with Crippen LogP contribution < -0.4 is 0 Å². The smallest absolute Gasteiger partial charge is 0.310 e. The molecule has 3 heterocycles. The average Bonchev–Trinajstić information content (AvgIpc) is 2.97. The summed E-state index contributed by atoms with van der Waals surface area (Å²) in [7, 11) is 0. The number of rotatable bonds is 2. The van der Waals surface area contributed by atoms with E-state index < -0.39 is 23.9 Å². The molecule has 5 nitrogen and oxygen atoms in total. The third-order valence-electron chi connectivity index (χ3n) is 4.44. The van der Waals surface area contributed by atoms with Gasteiger partial charge in [0.05, 0.1) is 18.1 Å². The summed E-state index contributed by atoms with van der Waals surface area (Å²) in [6.07, 6.45) is 4.96. The maximum Gasteiger partial charge on any atom is 0.310 e. The number of carbonyl (C=O) groups excluding carboxylic acids is 1. The minimum absolute atomic E-state index is 0.0456. The highest BCUT2D eigenvalue weighted by molar-refractivity contribution is 5.87. The first-order valence-electron chi connectivity index (χ1n) is 6.93. The molecule has 19 heavy (non-hydrogen) atoms. The van der Waals surface area contributed by atoms with Gasteiger partial charge in [-0.25, -0.2) is 0 Å². The zero-order chi connectivity index (χ0) is 13.6. The van der Waals surface area contributed by atoms with Gasteiger partial charge in [0.25, 0.3) is 0 Å². The van der Waals surface area contributed by atoms with Gasteiger partial charge in [0, 0.05) is 13.1 Å².